The minimum atomic E-state index is 0.168. The largest absolute Gasteiger partial charge is 0.383 e. The molecule has 0 unspecified atom stereocenters. The summed E-state index contributed by atoms with van der Waals surface area (Å²) in [6.07, 6.45) is 11.4. The highest BCUT2D eigenvalue weighted by molar-refractivity contribution is 6.13. The van der Waals surface area contributed by atoms with Crippen molar-refractivity contribution in [2.75, 3.05) is 29.0 Å². The second-order valence-corrected chi connectivity index (χ2v) is 8.74. The lowest BCUT2D eigenvalue weighted by atomic mass is 10.0. The summed E-state index contributed by atoms with van der Waals surface area (Å²) in [5.74, 6) is 0.681. The average Bonchev–Trinajstić information content (AvgIpc) is 3.34. The number of rotatable bonds is 7. The normalized spacial score (nSPS) is 13.7. The summed E-state index contributed by atoms with van der Waals surface area (Å²) in [6, 6.07) is 5.84. The predicted octanol–water partition coefficient (Wildman–Crippen LogP) is 4.74. The van der Waals surface area contributed by atoms with E-state index in [0.717, 1.165) is 53.2 Å². The van der Waals surface area contributed by atoms with E-state index in [2.05, 4.69) is 41.7 Å². The summed E-state index contributed by atoms with van der Waals surface area (Å²) in [6.45, 7) is 8.05. The number of H-pyrrole nitrogens is 1. The number of hydrogen-bond acceptors (Lipinski definition) is 8. The van der Waals surface area contributed by atoms with E-state index >= 15 is 0 Å². The van der Waals surface area contributed by atoms with E-state index in [1.807, 2.05) is 25.1 Å². The summed E-state index contributed by atoms with van der Waals surface area (Å²) < 4.78 is 0. The summed E-state index contributed by atoms with van der Waals surface area (Å²) >= 11 is 0. The monoisotopic (exact) mass is 467 g/mol. The zero-order chi connectivity index (χ0) is 24.4. The lowest BCUT2D eigenvalue weighted by Crippen LogP contribution is -2.29. The van der Waals surface area contributed by atoms with Gasteiger partial charge in [0, 0.05) is 54.1 Å². The number of pyridine rings is 3. The van der Waals surface area contributed by atoms with Crippen molar-refractivity contribution in [2.24, 2.45) is 0 Å². The number of anilines is 3. The Balaban J connectivity index is 1.48. The molecule has 178 valence electrons. The Hall–Kier alpha value is -4.27. The van der Waals surface area contributed by atoms with Crippen LogP contribution in [0.2, 0.25) is 0 Å². The van der Waals surface area contributed by atoms with E-state index in [1.165, 1.54) is 19.3 Å². The molecule has 0 spiro atoms. The maximum Gasteiger partial charge on any atom is 0.180 e. The summed E-state index contributed by atoms with van der Waals surface area (Å²) in [5.41, 5.74) is 12.8. The van der Waals surface area contributed by atoms with Gasteiger partial charge in [-0.25, -0.2) is 15.0 Å². The van der Waals surface area contributed by atoms with Gasteiger partial charge in [-0.05, 0) is 43.9 Å². The summed E-state index contributed by atoms with van der Waals surface area (Å²) in [7, 11) is 0. The smallest absolute Gasteiger partial charge is 0.180 e. The van der Waals surface area contributed by atoms with Gasteiger partial charge in [0.05, 0.1) is 17.6 Å². The van der Waals surface area contributed by atoms with E-state index in [0.29, 0.717) is 17.0 Å². The van der Waals surface area contributed by atoms with Crippen molar-refractivity contribution in [3.8, 4) is 11.1 Å². The third-order valence-corrected chi connectivity index (χ3v) is 6.31. The van der Waals surface area contributed by atoms with Crippen LogP contribution in [0.1, 0.15) is 44.0 Å². The van der Waals surface area contributed by atoms with Crippen LogP contribution in [0.15, 0.2) is 55.3 Å². The fraction of sp³-hybridized carbons (Fsp3) is 0.269. The lowest BCUT2D eigenvalue weighted by Gasteiger charge is -2.28. The Labute approximate surface area is 204 Å². The first-order chi connectivity index (χ1) is 17.0. The van der Waals surface area contributed by atoms with Gasteiger partial charge in [0.1, 0.15) is 17.0 Å². The Morgan fingerprint density at radius 2 is 1.94 bits per heavy atom. The van der Waals surface area contributed by atoms with E-state index in [9.17, 15) is 0 Å². The van der Waals surface area contributed by atoms with Gasteiger partial charge in [0.25, 0.3) is 0 Å². The van der Waals surface area contributed by atoms with E-state index < -0.39 is 0 Å². The van der Waals surface area contributed by atoms with E-state index in [-0.39, 0.29) is 11.5 Å². The molecule has 4 aromatic heterocycles. The van der Waals surface area contributed by atoms with Crippen LogP contribution in [-0.4, -0.2) is 43.7 Å². The van der Waals surface area contributed by atoms with Crippen molar-refractivity contribution in [3.63, 3.8) is 0 Å². The first-order valence-electron chi connectivity index (χ1n) is 11.9. The number of aromatic amines is 1. The van der Waals surface area contributed by atoms with Crippen molar-refractivity contribution in [3.05, 3.63) is 66.7 Å². The number of piperidine rings is 1. The number of hydrogen-bond donors (Lipinski definition) is 4. The van der Waals surface area contributed by atoms with E-state index in [1.54, 1.807) is 24.8 Å². The molecule has 0 bridgehead atoms. The quantitative estimate of drug-likeness (QED) is 0.289. The molecule has 1 saturated heterocycles. The van der Waals surface area contributed by atoms with Gasteiger partial charge in [-0.2, -0.15) is 0 Å². The molecule has 35 heavy (non-hydrogen) atoms. The fourth-order valence-corrected chi connectivity index (χ4v) is 4.33. The molecule has 4 aromatic rings. The second-order valence-electron chi connectivity index (χ2n) is 8.74. The number of nitrogen functional groups attached to an aromatic ring is 1. The van der Waals surface area contributed by atoms with Crippen LogP contribution < -0.4 is 16.0 Å². The second kappa shape index (κ2) is 9.54. The highest BCUT2D eigenvalue weighted by Crippen LogP contribution is 2.29. The molecule has 0 amide bonds. The van der Waals surface area contributed by atoms with Gasteiger partial charge in [0.15, 0.2) is 11.5 Å². The van der Waals surface area contributed by atoms with Crippen LogP contribution in [0, 0.1) is 5.41 Å². The third-order valence-electron chi connectivity index (χ3n) is 6.31. The van der Waals surface area contributed by atoms with Crippen molar-refractivity contribution >= 4 is 34.1 Å². The highest BCUT2D eigenvalue weighted by atomic mass is 15.2. The van der Waals surface area contributed by atoms with Gasteiger partial charge in [-0.15, -0.1) is 0 Å². The molecule has 9 heteroatoms. The Bertz CT molecular complexity index is 1400. The van der Waals surface area contributed by atoms with Crippen LogP contribution in [0.3, 0.4) is 0 Å². The van der Waals surface area contributed by atoms with Gasteiger partial charge in [0.2, 0.25) is 0 Å². The van der Waals surface area contributed by atoms with Crippen molar-refractivity contribution in [1.29, 1.82) is 5.41 Å². The number of nitrogens with one attached hydrogen (secondary N) is 3. The maximum absolute atomic E-state index is 8.88. The predicted molar refractivity (Wildman–Crippen MR) is 141 cm³/mol. The molecular formula is C26H29N9. The molecule has 0 atom stereocenters. The molecule has 0 saturated carbocycles. The number of fused-ring (bicyclic) bond motifs is 1. The molecule has 1 aliphatic rings. The summed E-state index contributed by atoms with van der Waals surface area (Å²) in [5, 5.41) is 12.1. The molecule has 1 fully saturated rings. The minimum Gasteiger partial charge on any atom is -0.383 e. The molecule has 0 aliphatic carbocycles. The number of allylic oxidation sites excluding steroid dienone is 1. The summed E-state index contributed by atoms with van der Waals surface area (Å²) in [4.78, 5) is 23.4. The number of imidazole rings is 1. The van der Waals surface area contributed by atoms with Crippen LogP contribution >= 0.6 is 0 Å². The van der Waals surface area contributed by atoms with Gasteiger partial charge in [-0.3, -0.25) is 10.4 Å². The molecule has 5 heterocycles. The van der Waals surface area contributed by atoms with Crippen LogP contribution in [0.25, 0.3) is 22.3 Å². The molecule has 1 aliphatic heterocycles. The van der Waals surface area contributed by atoms with Gasteiger partial charge in [-0.1, -0.05) is 13.5 Å². The Kier molecular flexibility index (Phi) is 6.13. The Morgan fingerprint density at radius 1 is 1.14 bits per heavy atom. The number of nitrogens with zero attached hydrogens (tertiary/aromatic N) is 5. The van der Waals surface area contributed by atoms with E-state index in [4.69, 9.17) is 11.1 Å². The molecular weight excluding hydrogens is 438 g/mol. The fourth-order valence-electron chi connectivity index (χ4n) is 4.33. The van der Waals surface area contributed by atoms with Gasteiger partial charge < -0.3 is 20.9 Å². The highest BCUT2D eigenvalue weighted by Gasteiger charge is 2.20. The Morgan fingerprint density at radius 3 is 2.74 bits per heavy atom. The van der Waals surface area contributed by atoms with Crippen LogP contribution in [0.4, 0.5) is 17.2 Å². The van der Waals surface area contributed by atoms with Crippen molar-refractivity contribution in [1.82, 2.24) is 24.9 Å². The standard InChI is InChI=1S/C26H29N9/c1-3-16(2)32-19-11-17(13-29-15-19)18-12-20(24(28)31-14-18)22(27)25-33-23-21(7-8-30-26(23)34-25)35-9-5-4-6-10-35/h7-8,11-15,27,32H,2-6,9-10H2,1H3,(H2,28,31)(H,30,33,34). The van der Waals surface area contributed by atoms with Crippen molar-refractivity contribution < 1.29 is 0 Å². The zero-order valence-electron chi connectivity index (χ0n) is 19.8. The average molecular weight is 468 g/mol. The SMILES string of the molecule is C=C(CC)Nc1cncc(-c2cnc(N)c(C(=N)c3nc4nccc(N5CCCCC5)c4[nH]3)c2)c1. The molecule has 0 radical (unpaired) electrons. The topological polar surface area (TPSA) is 132 Å². The van der Waals surface area contributed by atoms with Crippen molar-refractivity contribution in [2.45, 2.75) is 32.6 Å². The molecule has 5 N–H and O–H groups in total. The van der Waals surface area contributed by atoms with Crippen LogP contribution in [-0.2, 0) is 0 Å². The maximum atomic E-state index is 8.88. The molecule has 5 rings (SSSR count). The first-order valence-corrected chi connectivity index (χ1v) is 11.9. The molecule has 0 aromatic carbocycles. The third kappa shape index (κ3) is 4.57. The molecule has 9 nitrogen and oxygen atoms in total. The number of aromatic nitrogens is 5. The van der Waals surface area contributed by atoms with Gasteiger partial charge >= 0.3 is 0 Å². The first kappa shape index (κ1) is 22.5. The number of nitrogens with two attached hydrogens (primary N) is 1. The zero-order valence-corrected chi connectivity index (χ0v) is 19.8. The lowest BCUT2D eigenvalue weighted by molar-refractivity contribution is 0.578. The van der Waals surface area contributed by atoms with Crippen LogP contribution in [0.5, 0.6) is 0 Å². The minimum absolute atomic E-state index is 0.168.